The Kier molecular flexibility index (Phi) is 6.48. The molecule has 0 bridgehead atoms. The first-order valence-corrected chi connectivity index (χ1v) is 7.50. The Balaban J connectivity index is 2.85. The molecule has 0 aliphatic rings. The van der Waals surface area contributed by atoms with E-state index in [-0.39, 0.29) is 12.3 Å². The molecule has 2 amide bonds. The zero-order valence-electron chi connectivity index (χ0n) is 14.2. The minimum atomic E-state index is -4.43. The van der Waals surface area contributed by atoms with Crippen LogP contribution in [0, 0.1) is 6.92 Å². The number of amides is 2. The fourth-order valence-corrected chi connectivity index (χ4v) is 2.05. The van der Waals surface area contributed by atoms with Gasteiger partial charge in [0.25, 0.3) is 0 Å². The van der Waals surface area contributed by atoms with Crippen molar-refractivity contribution in [2.45, 2.75) is 39.5 Å². The molecule has 0 fully saturated rings. The Morgan fingerprint density at radius 2 is 1.96 bits per heavy atom. The van der Waals surface area contributed by atoms with Crippen molar-refractivity contribution in [1.29, 1.82) is 0 Å². The molecule has 5 nitrogen and oxygen atoms in total. The maximum atomic E-state index is 12.3. The number of nitrogens with one attached hydrogen (secondary N) is 1. The van der Waals surface area contributed by atoms with Crippen molar-refractivity contribution in [2.75, 3.05) is 25.0 Å². The third kappa shape index (κ3) is 6.66. The molecule has 0 atom stereocenters. The van der Waals surface area contributed by atoms with Gasteiger partial charge in [-0.1, -0.05) is 6.07 Å². The average Bonchev–Trinajstić information content (AvgIpc) is 2.43. The highest BCUT2D eigenvalue weighted by molar-refractivity contribution is 5.90. The van der Waals surface area contributed by atoms with E-state index in [0.717, 1.165) is 0 Å². The van der Waals surface area contributed by atoms with Crippen LogP contribution in [-0.2, 0) is 0 Å². The summed E-state index contributed by atoms with van der Waals surface area (Å²) in [6.45, 7) is 5.59. The molecular weight excluding hydrogens is 325 g/mol. The highest BCUT2D eigenvalue weighted by atomic mass is 19.4. The summed E-state index contributed by atoms with van der Waals surface area (Å²) >= 11 is 0. The smallest absolute Gasteiger partial charge is 0.422 e. The Morgan fingerprint density at radius 3 is 2.46 bits per heavy atom. The largest absolute Gasteiger partial charge is 0.484 e. The molecule has 0 aliphatic carbocycles. The maximum Gasteiger partial charge on any atom is 0.422 e. The van der Waals surface area contributed by atoms with E-state index in [0.29, 0.717) is 17.8 Å². The second-order valence-electron chi connectivity index (χ2n) is 6.09. The number of nitrogens with zero attached hydrogens (tertiary/aromatic N) is 1. The van der Waals surface area contributed by atoms with Crippen molar-refractivity contribution in [2.24, 2.45) is 0 Å². The van der Waals surface area contributed by atoms with Gasteiger partial charge in [-0.3, -0.25) is 0 Å². The second-order valence-corrected chi connectivity index (χ2v) is 6.09. The molecule has 1 rings (SSSR count). The van der Waals surface area contributed by atoms with Crippen LogP contribution in [0.5, 0.6) is 5.75 Å². The summed E-state index contributed by atoms with van der Waals surface area (Å²) in [5, 5.41) is 12.5. The molecule has 0 aliphatic heterocycles. The molecule has 0 radical (unpaired) electrons. The number of hydrogen-bond donors (Lipinski definition) is 2. The molecule has 0 heterocycles. The maximum absolute atomic E-state index is 12.3. The number of halogens is 3. The van der Waals surface area contributed by atoms with E-state index < -0.39 is 24.4 Å². The first-order valence-electron chi connectivity index (χ1n) is 7.50. The quantitative estimate of drug-likeness (QED) is 0.826. The monoisotopic (exact) mass is 348 g/mol. The number of carbonyl (C=O) groups is 1. The van der Waals surface area contributed by atoms with E-state index in [9.17, 15) is 23.1 Å². The summed E-state index contributed by atoms with van der Waals surface area (Å²) < 4.78 is 41.6. The molecule has 0 saturated carbocycles. The zero-order chi connectivity index (χ0) is 18.5. The van der Waals surface area contributed by atoms with E-state index in [1.807, 2.05) is 0 Å². The number of alkyl halides is 3. The summed E-state index contributed by atoms with van der Waals surface area (Å²) in [5.74, 6) is 0.0515. The molecule has 0 saturated heterocycles. The molecule has 0 spiro atoms. The average molecular weight is 348 g/mol. The molecule has 8 heteroatoms. The molecule has 0 aromatic heterocycles. The van der Waals surface area contributed by atoms with Gasteiger partial charge in [0, 0.05) is 17.8 Å². The van der Waals surface area contributed by atoms with Crippen molar-refractivity contribution >= 4 is 11.7 Å². The number of carbonyl (C=O) groups excluding carboxylic acids is 1. The molecule has 2 N–H and O–H groups in total. The third-order valence-electron chi connectivity index (χ3n) is 3.16. The molecule has 24 heavy (non-hydrogen) atoms. The van der Waals surface area contributed by atoms with E-state index in [2.05, 4.69) is 5.32 Å². The lowest BCUT2D eigenvalue weighted by Crippen LogP contribution is -2.44. The van der Waals surface area contributed by atoms with Gasteiger partial charge in [-0.15, -0.1) is 0 Å². The van der Waals surface area contributed by atoms with Gasteiger partial charge in [-0.2, -0.15) is 13.2 Å². The lowest BCUT2D eigenvalue weighted by molar-refractivity contribution is -0.153. The Hall–Kier alpha value is -1.96. The molecule has 136 valence electrons. The number of urea groups is 1. The van der Waals surface area contributed by atoms with Crippen molar-refractivity contribution in [3.63, 3.8) is 0 Å². The van der Waals surface area contributed by atoms with Crippen LogP contribution in [-0.4, -0.2) is 47.5 Å². The molecular formula is C16H23F3N2O3. The van der Waals surface area contributed by atoms with Crippen LogP contribution in [0.1, 0.15) is 26.3 Å². The molecule has 0 unspecified atom stereocenters. The van der Waals surface area contributed by atoms with Crippen LogP contribution in [0.4, 0.5) is 23.7 Å². The Bertz CT molecular complexity index is 569. The van der Waals surface area contributed by atoms with Crippen LogP contribution in [0.15, 0.2) is 18.2 Å². The Morgan fingerprint density at radius 1 is 1.33 bits per heavy atom. The van der Waals surface area contributed by atoms with Crippen molar-refractivity contribution < 1.29 is 27.8 Å². The van der Waals surface area contributed by atoms with E-state index in [1.165, 1.54) is 17.0 Å². The summed E-state index contributed by atoms with van der Waals surface area (Å²) in [6, 6.07) is 4.04. The number of hydrogen-bond acceptors (Lipinski definition) is 3. The van der Waals surface area contributed by atoms with Gasteiger partial charge in [-0.25, -0.2) is 4.79 Å². The lowest BCUT2D eigenvalue weighted by atomic mass is 10.1. The SMILES string of the molecule is CCN(CC(C)(C)O)C(=O)Nc1cccc(OCC(F)(F)F)c1C. The second kappa shape index (κ2) is 7.74. The van der Waals surface area contributed by atoms with E-state index >= 15 is 0 Å². The molecule has 1 aromatic carbocycles. The van der Waals surface area contributed by atoms with Gasteiger partial charge >= 0.3 is 12.2 Å². The summed E-state index contributed by atoms with van der Waals surface area (Å²) in [5.41, 5.74) is -0.302. The standard InChI is InChI=1S/C16H23F3N2O3/c1-5-21(9-15(3,4)23)14(22)20-12-7-6-8-13(11(12)2)24-10-16(17,18)19/h6-8,23H,5,9-10H2,1-4H3,(H,20,22). The number of anilines is 1. The fourth-order valence-electron chi connectivity index (χ4n) is 2.05. The number of likely N-dealkylation sites (N-methyl/N-ethyl adjacent to an activating group) is 1. The highest BCUT2D eigenvalue weighted by Gasteiger charge is 2.29. The summed E-state index contributed by atoms with van der Waals surface area (Å²) in [6.07, 6.45) is -4.43. The number of rotatable bonds is 6. The van der Waals surface area contributed by atoms with Gasteiger partial charge in [0.2, 0.25) is 0 Å². The highest BCUT2D eigenvalue weighted by Crippen LogP contribution is 2.27. The van der Waals surface area contributed by atoms with Gasteiger partial charge < -0.3 is 20.1 Å². The van der Waals surface area contributed by atoms with Crippen LogP contribution >= 0.6 is 0 Å². The fraction of sp³-hybridized carbons (Fsp3) is 0.562. The predicted octanol–water partition coefficient (Wildman–Crippen LogP) is 3.56. The van der Waals surface area contributed by atoms with Gasteiger partial charge in [-0.05, 0) is 39.8 Å². The van der Waals surface area contributed by atoms with Crippen molar-refractivity contribution in [3.8, 4) is 5.75 Å². The van der Waals surface area contributed by atoms with Gasteiger partial charge in [0.15, 0.2) is 6.61 Å². The minimum Gasteiger partial charge on any atom is -0.484 e. The lowest BCUT2D eigenvalue weighted by Gasteiger charge is -2.28. The minimum absolute atomic E-state index is 0.0515. The first kappa shape index (κ1) is 20.1. The topological polar surface area (TPSA) is 61.8 Å². The van der Waals surface area contributed by atoms with Gasteiger partial charge in [0.1, 0.15) is 5.75 Å². The van der Waals surface area contributed by atoms with Crippen LogP contribution in [0.3, 0.4) is 0 Å². The van der Waals surface area contributed by atoms with Crippen molar-refractivity contribution in [1.82, 2.24) is 4.90 Å². The van der Waals surface area contributed by atoms with Crippen LogP contribution in [0.2, 0.25) is 0 Å². The predicted molar refractivity (Wildman–Crippen MR) is 85.3 cm³/mol. The third-order valence-corrected chi connectivity index (χ3v) is 3.16. The number of aliphatic hydroxyl groups is 1. The Labute approximate surface area is 139 Å². The van der Waals surface area contributed by atoms with E-state index in [1.54, 1.807) is 33.8 Å². The van der Waals surface area contributed by atoms with E-state index in [4.69, 9.17) is 4.74 Å². The normalized spacial score (nSPS) is 12.0. The van der Waals surface area contributed by atoms with Gasteiger partial charge in [0.05, 0.1) is 12.1 Å². The van der Waals surface area contributed by atoms with Crippen molar-refractivity contribution in [3.05, 3.63) is 23.8 Å². The number of ether oxygens (including phenoxy) is 1. The van der Waals surface area contributed by atoms with Crippen LogP contribution in [0.25, 0.3) is 0 Å². The van der Waals surface area contributed by atoms with Crippen LogP contribution < -0.4 is 10.1 Å². The summed E-state index contributed by atoms with van der Waals surface area (Å²) in [4.78, 5) is 13.7. The number of benzene rings is 1. The molecule has 1 aromatic rings. The summed E-state index contributed by atoms with van der Waals surface area (Å²) in [7, 11) is 0. The first-order chi connectivity index (χ1) is 10.9. The zero-order valence-corrected chi connectivity index (χ0v) is 14.2.